The number of carbonyl (C=O) groups excluding carboxylic acids is 1. The van der Waals surface area contributed by atoms with Crippen LogP contribution >= 0.6 is 15.9 Å². The number of rotatable bonds is 4. The molecule has 1 saturated heterocycles. The molecule has 0 bridgehead atoms. The van der Waals surface area contributed by atoms with Crippen molar-refractivity contribution in [1.82, 2.24) is 9.62 Å². The molecular weight excluding hydrogens is 356 g/mol. The average molecular weight is 375 g/mol. The van der Waals surface area contributed by atoms with Crippen molar-refractivity contribution in [2.75, 3.05) is 19.3 Å². The maximum atomic E-state index is 12.4. The lowest BCUT2D eigenvalue weighted by Gasteiger charge is -2.32. The van der Waals surface area contributed by atoms with Crippen LogP contribution in [0.25, 0.3) is 0 Å². The summed E-state index contributed by atoms with van der Waals surface area (Å²) in [5, 5.41) is 0.755. The first kappa shape index (κ1) is 16.5. The molecule has 0 spiro atoms. The van der Waals surface area contributed by atoms with Crippen molar-refractivity contribution < 1.29 is 13.2 Å². The Balaban J connectivity index is 2.04. The van der Waals surface area contributed by atoms with Gasteiger partial charge in [0.15, 0.2) is 0 Å². The average Bonchev–Trinajstić information content (AvgIpc) is 2.45. The Bertz CT molecular complexity index is 601. The number of carbonyl (C=O) groups is 1. The molecule has 1 aromatic carbocycles. The van der Waals surface area contributed by atoms with Crippen molar-refractivity contribution in [1.29, 1.82) is 0 Å². The van der Waals surface area contributed by atoms with E-state index in [1.165, 1.54) is 0 Å². The highest BCUT2D eigenvalue weighted by Crippen LogP contribution is 2.15. The van der Waals surface area contributed by atoms with Crippen LogP contribution in [0, 0.1) is 0 Å². The van der Waals surface area contributed by atoms with Gasteiger partial charge in [0.2, 0.25) is 10.0 Å². The molecule has 1 unspecified atom stereocenters. The maximum Gasteiger partial charge on any atom is 0.253 e. The Labute approximate surface area is 133 Å². The van der Waals surface area contributed by atoms with E-state index >= 15 is 0 Å². The third-order valence-electron chi connectivity index (χ3n) is 3.44. The highest BCUT2D eigenvalue weighted by Gasteiger charge is 2.26. The molecule has 0 aromatic heterocycles. The van der Waals surface area contributed by atoms with E-state index in [1.807, 2.05) is 24.3 Å². The van der Waals surface area contributed by atoms with Crippen LogP contribution in [-0.2, 0) is 15.4 Å². The predicted molar refractivity (Wildman–Crippen MR) is 86.0 cm³/mol. The van der Waals surface area contributed by atoms with E-state index in [0.29, 0.717) is 18.7 Å². The molecule has 1 aliphatic heterocycles. The second-order valence-corrected chi connectivity index (χ2v) is 7.65. The minimum absolute atomic E-state index is 0.0453. The van der Waals surface area contributed by atoms with Gasteiger partial charge in [0.25, 0.3) is 5.91 Å². The SMILES string of the molecule is CS(=O)(=O)NC1CCCN(C(=O)c2ccc(CBr)cc2)C1. The largest absolute Gasteiger partial charge is 0.337 e. The molecule has 1 amide bonds. The van der Waals surface area contributed by atoms with E-state index in [9.17, 15) is 13.2 Å². The second-order valence-electron chi connectivity index (χ2n) is 5.31. The van der Waals surface area contributed by atoms with Gasteiger partial charge in [-0.2, -0.15) is 0 Å². The summed E-state index contributed by atoms with van der Waals surface area (Å²) < 4.78 is 25.2. The Morgan fingerprint density at radius 3 is 2.62 bits per heavy atom. The van der Waals surface area contributed by atoms with Gasteiger partial charge in [-0.25, -0.2) is 13.1 Å². The number of amides is 1. The molecule has 0 saturated carbocycles. The lowest BCUT2D eigenvalue weighted by molar-refractivity contribution is 0.0703. The monoisotopic (exact) mass is 374 g/mol. The van der Waals surface area contributed by atoms with Crippen molar-refractivity contribution >= 4 is 31.9 Å². The van der Waals surface area contributed by atoms with Crippen LogP contribution < -0.4 is 4.72 Å². The van der Waals surface area contributed by atoms with Crippen LogP contribution in [0.15, 0.2) is 24.3 Å². The summed E-state index contributed by atoms with van der Waals surface area (Å²) in [5.74, 6) is -0.0453. The minimum atomic E-state index is -3.24. The molecule has 0 aliphatic carbocycles. The number of halogens is 1. The molecule has 1 aliphatic rings. The number of hydrogen-bond donors (Lipinski definition) is 1. The summed E-state index contributed by atoms with van der Waals surface area (Å²) in [7, 11) is -3.24. The highest BCUT2D eigenvalue weighted by atomic mass is 79.9. The van der Waals surface area contributed by atoms with Gasteiger partial charge in [0.05, 0.1) is 6.26 Å². The van der Waals surface area contributed by atoms with E-state index in [2.05, 4.69) is 20.7 Å². The third-order valence-corrected chi connectivity index (χ3v) is 4.85. The van der Waals surface area contributed by atoms with Gasteiger partial charge in [-0.05, 0) is 30.5 Å². The van der Waals surface area contributed by atoms with Crippen LogP contribution in [-0.4, -0.2) is 44.6 Å². The predicted octanol–water partition coefficient (Wildman–Crippen LogP) is 1.74. The maximum absolute atomic E-state index is 12.4. The van der Waals surface area contributed by atoms with Gasteiger partial charge in [0, 0.05) is 30.0 Å². The summed E-state index contributed by atoms with van der Waals surface area (Å²) in [6.07, 6.45) is 2.71. The van der Waals surface area contributed by atoms with Crippen molar-refractivity contribution in [3.8, 4) is 0 Å². The number of nitrogens with one attached hydrogen (secondary N) is 1. The molecule has 1 N–H and O–H groups in total. The van der Waals surface area contributed by atoms with Crippen molar-refractivity contribution in [2.45, 2.75) is 24.2 Å². The number of sulfonamides is 1. The zero-order valence-electron chi connectivity index (χ0n) is 11.9. The van der Waals surface area contributed by atoms with Gasteiger partial charge in [-0.1, -0.05) is 28.1 Å². The second kappa shape index (κ2) is 6.89. The molecule has 21 heavy (non-hydrogen) atoms. The first-order valence-corrected chi connectivity index (χ1v) is 9.82. The van der Waals surface area contributed by atoms with Crippen LogP contribution in [0.3, 0.4) is 0 Å². The number of likely N-dealkylation sites (tertiary alicyclic amines) is 1. The van der Waals surface area contributed by atoms with Crippen LogP contribution in [0.4, 0.5) is 0 Å². The Kier molecular flexibility index (Phi) is 5.40. The number of piperidine rings is 1. The molecule has 2 rings (SSSR count). The first-order chi connectivity index (χ1) is 9.89. The molecule has 0 radical (unpaired) electrons. The number of nitrogens with zero attached hydrogens (tertiary/aromatic N) is 1. The van der Waals surface area contributed by atoms with Gasteiger partial charge < -0.3 is 4.90 Å². The van der Waals surface area contributed by atoms with Gasteiger partial charge in [-0.15, -0.1) is 0 Å². The Hall–Kier alpha value is -0.920. The lowest BCUT2D eigenvalue weighted by atomic mass is 10.0. The van der Waals surface area contributed by atoms with Crippen LogP contribution in [0.5, 0.6) is 0 Å². The normalized spacial score (nSPS) is 19.5. The van der Waals surface area contributed by atoms with Crippen molar-refractivity contribution in [3.63, 3.8) is 0 Å². The summed E-state index contributed by atoms with van der Waals surface area (Å²) in [6, 6.07) is 7.26. The zero-order valence-corrected chi connectivity index (χ0v) is 14.3. The van der Waals surface area contributed by atoms with E-state index < -0.39 is 10.0 Å². The molecule has 5 nitrogen and oxygen atoms in total. The lowest BCUT2D eigenvalue weighted by Crippen LogP contribution is -2.49. The minimum Gasteiger partial charge on any atom is -0.337 e. The quantitative estimate of drug-likeness (QED) is 0.816. The molecule has 1 atom stereocenters. The summed E-state index contributed by atoms with van der Waals surface area (Å²) >= 11 is 3.37. The van der Waals surface area contributed by atoms with E-state index in [1.54, 1.807) is 4.90 Å². The Morgan fingerprint density at radius 1 is 1.38 bits per heavy atom. The van der Waals surface area contributed by atoms with Crippen molar-refractivity contribution in [2.24, 2.45) is 0 Å². The van der Waals surface area contributed by atoms with Gasteiger partial charge in [0.1, 0.15) is 0 Å². The van der Waals surface area contributed by atoms with E-state index in [4.69, 9.17) is 0 Å². The van der Waals surface area contributed by atoms with Crippen LogP contribution in [0.2, 0.25) is 0 Å². The first-order valence-electron chi connectivity index (χ1n) is 6.80. The van der Waals surface area contributed by atoms with Crippen molar-refractivity contribution in [3.05, 3.63) is 35.4 Å². The number of benzene rings is 1. The van der Waals surface area contributed by atoms with E-state index in [0.717, 1.165) is 30.0 Å². The summed E-state index contributed by atoms with van der Waals surface area (Å²) in [4.78, 5) is 14.2. The van der Waals surface area contributed by atoms with Gasteiger partial charge >= 0.3 is 0 Å². The Morgan fingerprint density at radius 2 is 2.05 bits per heavy atom. The fourth-order valence-corrected chi connectivity index (χ4v) is 3.65. The molecule has 116 valence electrons. The van der Waals surface area contributed by atoms with Crippen LogP contribution in [0.1, 0.15) is 28.8 Å². The standard InChI is InChI=1S/C14H19BrN2O3S/c1-21(19,20)16-13-3-2-8-17(10-13)14(18)12-6-4-11(9-15)5-7-12/h4-7,13,16H,2-3,8-10H2,1H3. The highest BCUT2D eigenvalue weighted by molar-refractivity contribution is 9.08. The molecule has 1 aromatic rings. The van der Waals surface area contributed by atoms with Gasteiger partial charge in [-0.3, -0.25) is 4.79 Å². The number of hydrogen-bond acceptors (Lipinski definition) is 3. The molecule has 1 heterocycles. The molecular formula is C14H19BrN2O3S. The zero-order chi connectivity index (χ0) is 15.5. The smallest absolute Gasteiger partial charge is 0.253 e. The summed E-state index contributed by atoms with van der Waals surface area (Å²) in [6.45, 7) is 1.09. The fraction of sp³-hybridized carbons (Fsp3) is 0.500. The third kappa shape index (κ3) is 4.79. The number of alkyl halides is 1. The fourth-order valence-electron chi connectivity index (χ4n) is 2.48. The molecule has 1 fully saturated rings. The summed E-state index contributed by atoms with van der Waals surface area (Å²) in [5.41, 5.74) is 1.75. The van der Waals surface area contributed by atoms with E-state index in [-0.39, 0.29) is 11.9 Å². The molecule has 7 heteroatoms. The topological polar surface area (TPSA) is 66.5 Å².